The molecule has 1 aliphatic heterocycles. The normalized spacial score (nSPS) is 20.7. The van der Waals surface area contributed by atoms with Gasteiger partial charge < -0.3 is 4.90 Å². The van der Waals surface area contributed by atoms with E-state index in [9.17, 15) is 9.18 Å². The fourth-order valence-corrected chi connectivity index (χ4v) is 4.05. The van der Waals surface area contributed by atoms with Crippen LogP contribution in [0.1, 0.15) is 23.3 Å². The summed E-state index contributed by atoms with van der Waals surface area (Å²) in [5.74, 6) is 0.107. The summed E-state index contributed by atoms with van der Waals surface area (Å²) in [6, 6.07) is 8.05. The zero-order chi connectivity index (χ0) is 17.6. The van der Waals surface area contributed by atoms with Gasteiger partial charge in [0, 0.05) is 56.4 Å². The monoisotopic (exact) mass is 361 g/mol. The van der Waals surface area contributed by atoms with Crippen molar-refractivity contribution < 1.29 is 9.18 Å². The van der Waals surface area contributed by atoms with Gasteiger partial charge in [0.15, 0.2) is 0 Å². The Bertz CT molecular complexity index is 665. The van der Waals surface area contributed by atoms with Gasteiger partial charge in [-0.15, -0.1) is 11.3 Å². The molecule has 1 saturated heterocycles. The van der Waals surface area contributed by atoms with Crippen molar-refractivity contribution in [2.24, 2.45) is 0 Å². The molecule has 3 heterocycles. The number of nitrogens with zero attached hydrogens (tertiary/aromatic N) is 3. The standard InChI is InChI=1S/C19H24FN3OS/c1-22(19(24)5-4-15-6-8-21-9-7-15)13-17-11-16(20)12-23(17)14-18-3-2-10-25-18/h2-3,6-10,16-17H,4-5,11-14H2,1H3/t16-,17-/m0/s1. The van der Waals surface area contributed by atoms with E-state index < -0.39 is 6.17 Å². The van der Waals surface area contributed by atoms with Crippen molar-refractivity contribution in [3.63, 3.8) is 0 Å². The summed E-state index contributed by atoms with van der Waals surface area (Å²) in [6.07, 6.45) is 4.37. The largest absolute Gasteiger partial charge is 0.344 e. The first-order chi connectivity index (χ1) is 12.1. The number of aryl methyl sites for hydroxylation is 1. The first kappa shape index (κ1) is 18.0. The predicted molar refractivity (Wildman–Crippen MR) is 98.2 cm³/mol. The molecule has 4 nitrogen and oxygen atoms in total. The summed E-state index contributed by atoms with van der Waals surface area (Å²) < 4.78 is 13.9. The molecule has 3 rings (SSSR count). The molecule has 2 aromatic heterocycles. The quantitative estimate of drug-likeness (QED) is 0.760. The zero-order valence-corrected chi connectivity index (χ0v) is 15.3. The smallest absolute Gasteiger partial charge is 0.222 e. The summed E-state index contributed by atoms with van der Waals surface area (Å²) in [4.78, 5) is 21.6. The van der Waals surface area contributed by atoms with E-state index in [2.05, 4.69) is 16.0 Å². The number of alkyl halides is 1. The molecule has 6 heteroatoms. The molecule has 0 aromatic carbocycles. The van der Waals surface area contributed by atoms with E-state index in [0.717, 1.165) is 12.1 Å². The van der Waals surface area contributed by atoms with Crippen molar-refractivity contribution in [2.45, 2.75) is 38.0 Å². The maximum Gasteiger partial charge on any atom is 0.222 e. The Morgan fingerprint density at radius 2 is 2.20 bits per heavy atom. The molecule has 0 unspecified atom stereocenters. The van der Waals surface area contributed by atoms with Crippen molar-refractivity contribution in [3.8, 4) is 0 Å². The fraction of sp³-hybridized carbons (Fsp3) is 0.474. The number of carbonyl (C=O) groups is 1. The maximum absolute atomic E-state index is 13.9. The number of hydrogen-bond acceptors (Lipinski definition) is 4. The molecule has 2 atom stereocenters. The number of amides is 1. The van der Waals surface area contributed by atoms with Crippen molar-refractivity contribution in [3.05, 3.63) is 52.5 Å². The number of likely N-dealkylation sites (tertiary alicyclic amines) is 1. The lowest BCUT2D eigenvalue weighted by Crippen LogP contribution is -2.40. The molecule has 2 aromatic rings. The van der Waals surface area contributed by atoms with Crippen LogP contribution in [0, 0.1) is 0 Å². The van der Waals surface area contributed by atoms with Crippen LogP contribution in [0.5, 0.6) is 0 Å². The Morgan fingerprint density at radius 3 is 2.92 bits per heavy atom. The SMILES string of the molecule is CN(C[C@@H]1C[C@H](F)CN1Cc1cccs1)C(=O)CCc1ccncc1. The summed E-state index contributed by atoms with van der Waals surface area (Å²) in [6.45, 7) is 1.81. The number of carbonyl (C=O) groups excluding carboxylic acids is 1. The van der Waals surface area contributed by atoms with Crippen molar-refractivity contribution in [1.82, 2.24) is 14.8 Å². The minimum atomic E-state index is -0.801. The number of pyridine rings is 1. The highest BCUT2D eigenvalue weighted by Crippen LogP contribution is 2.25. The zero-order valence-electron chi connectivity index (χ0n) is 14.5. The third-order valence-corrected chi connectivity index (χ3v) is 5.56. The summed E-state index contributed by atoms with van der Waals surface area (Å²) in [5, 5.41) is 2.04. The van der Waals surface area contributed by atoms with E-state index in [-0.39, 0.29) is 11.9 Å². The van der Waals surface area contributed by atoms with Gasteiger partial charge in [0.2, 0.25) is 5.91 Å². The van der Waals surface area contributed by atoms with Gasteiger partial charge in [-0.25, -0.2) is 4.39 Å². The molecule has 134 valence electrons. The van der Waals surface area contributed by atoms with Gasteiger partial charge in [-0.2, -0.15) is 0 Å². The highest BCUT2D eigenvalue weighted by atomic mass is 32.1. The van der Waals surface area contributed by atoms with Gasteiger partial charge in [0.25, 0.3) is 0 Å². The van der Waals surface area contributed by atoms with E-state index in [1.165, 1.54) is 4.88 Å². The molecule has 0 aliphatic carbocycles. The predicted octanol–water partition coefficient (Wildman–Crippen LogP) is 3.15. The third-order valence-electron chi connectivity index (χ3n) is 4.70. The van der Waals surface area contributed by atoms with Crippen LogP contribution in [0.2, 0.25) is 0 Å². The van der Waals surface area contributed by atoms with E-state index in [4.69, 9.17) is 0 Å². The van der Waals surface area contributed by atoms with Gasteiger partial charge in [0.05, 0.1) is 0 Å². The van der Waals surface area contributed by atoms with E-state index in [1.54, 1.807) is 28.6 Å². The molecular formula is C19H24FN3OS. The number of hydrogen-bond donors (Lipinski definition) is 0. The average molecular weight is 361 g/mol. The van der Waals surface area contributed by atoms with Gasteiger partial charge in [-0.3, -0.25) is 14.7 Å². The molecule has 1 fully saturated rings. The van der Waals surface area contributed by atoms with Crippen LogP contribution < -0.4 is 0 Å². The van der Waals surface area contributed by atoms with Crippen LogP contribution in [0.25, 0.3) is 0 Å². The van der Waals surface area contributed by atoms with Crippen LogP contribution in [0.4, 0.5) is 4.39 Å². The third kappa shape index (κ3) is 5.09. The number of halogens is 1. The second kappa shape index (κ2) is 8.54. The van der Waals surface area contributed by atoms with Crippen LogP contribution in [-0.4, -0.2) is 53.0 Å². The van der Waals surface area contributed by atoms with Gasteiger partial charge >= 0.3 is 0 Å². The first-order valence-electron chi connectivity index (χ1n) is 8.65. The Labute approximate surface area is 152 Å². The second-order valence-electron chi connectivity index (χ2n) is 6.63. The molecule has 0 N–H and O–H groups in total. The summed E-state index contributed by atoms with van der Waals surface area (Å²) >= 11 is 1.69. The minimum absolute atomic E-state index is 0.0898. The second-order valence-corrected chi connectivity index (χ2v) is 7.66. The summed E-state index contributed by atoms with van der Waals surface area (Å²) in [7, 11) is 1.82. The van der Waals surface area contributed by atoms with Crippen molar-refractivity contribution in [1.29, 1.82) is 0 Å². The van der Waals surface area contributed by atoms with E-state index in [1.807, 2.05) is 30.6 Å². The lowest BCUT2D eigenvalue weighted by molar-refractivity contribution is -0.130. The van der Waals surface area contributed by atoms with Crippen LogP contribution in [0.3, 0.4) is 0 Å². The molecule has 1 amide bonds. The Morgan fingerprint density at radius 1 is 1.40 bits per heavy atom. The lowest BCUT2D eigenvalue weighted by atomic mass is 10.1. The number of likely N-dealkylation sites (N-methyl/N-ethyl adjacent to an activating group) is 1. The van der Waals surface area contributed by atoms with Gasteiger partial charge in [-0.1, -0.05) is 6.07 Å². The number of rotatable bonds is 7. The lowest BCUT2D eigenvalue weighted by Gasteiger charge is -2.28. The molecule has 0 bridgehead atoms. The first-order valence-corrected chi connectivity index (χ1v) is 9.53. The van der Waals surface area contributed by atoms with E-state index in [0.29, 0.717) is 32.4 Å². The summed E-state index contributed by atoms with van der Waals surface area (Å²) in [5.41, 5.74) is 1.11. The highest BCUT2D eigenvalue weighted by Gasteiger charge is 2.33. The molecule has 0 saturated carbocycles. The van der Waals surface area contributed by atoms with Crippen molar-refractivity contribution >= 4 is 17.2 Å². The fourth-order valence-electron chi connectivity index (χ4n) is 3.32. The Hall–Kier alpha value is -1.79. The van der Waals surface area contributed by atoms with Gasteiger partial charge in [0.1, 0.15) is 6.17 Å². The average Bonchev–Trinajstić information content (AvgIpc) is 3.24. The maximum atomic E-state index is 13.9. The Balaban J connectivity index is 1.51. The molecule has 0 spiro atoms. The number of thiophene rings is 1. The topological polar surface area (TPSA) is 36.4 Å². The van der Waals surface area contributed by atoms with Crippen molar-refractivity contribution in [2.75, 3.05) is 20.1 Å². The van der Waals surface area contributed by atoms with Crippen LogP contribution in [0.15, 0.2) is 42.0 Å². The minimum Gasteiger partial charge on any atom is -0.344 e. The molecule has 25 heavy (non-hydrogen) atoms. The van der Waals surface area contributed by atoms with E-state index >= 15 is 0 Å². The molecule has 1 aliphatic rings. The number of aromatic nitrogens is 1. The Kier molecular flexibility index (Phi) is 6.15. The van der Waals surface area contributed by atoms with Crippen LogP contribution >= 0.6 is 11.3 Å². The molecule has 0 radical (unpaired) electrons. The molecular weight excluding hydrogens is 337 g/mol. The van der Waals surface area contributed by atoms with Crippen LogP contribution in [-0.2, 0) is 17.8 Å². The van der Waals surface area contributed by atoms with Gasteiger partial charge in [-0.05, 0) is 42.0 Å². The highest BCUT2D eigenvalue weighted by molar-refractivity contribution is 7.09.